The van der Waals surface area contributed by atoms with Crippen molar-refractivity contribution in [3.05, 3.63) is 83.4 Å². The van der Waals surface area contributed by atoms with E-state index in [1.54, 1.807) is 47.0 Å². The van der Waals surface area contributed by atoms with Crippen LogP contribution in [0.2, 0.25) is 0 Å². The molecule has 0 bridgehead atoms. The fourth-order valence-electron chi connectivity index (χ4n) is 4.05. The van der Waals surface area contributed by atoms with E-state index < -0.39 is 40.4 Å². The van der Waals surface area contributed by atoms with Crippen LogP contribution in [0.25, 0.3) is 0 Å². The van der Waals surface area contributed by atoms with Crippen LogP contribution in [0.5, 0.6) is 0 Å². The Balaban J connectivity index is 1.97. The number of hydrogen-bond acceptors (Lipinski definition) is 2. The predicted octanol–water partition coefficient (Wildman–Crippen LogP) is 4.18. The molecule has 0 N–H and O–H groups in total. The molecule has 0 unspecified atom stereocenters. The summed E-state index contributed by atoms with van der Waals surface area (Å²) in [5, 5.41) is -0.964. The van der Waals surface area contributed by atoms with Gasteiger partial charge in [0.2, 0.25) is 0 Å². The second-order valence-corrected chi connectivity index (χ2v) is 16.4. The Morgan fingerprint density at radius 2 is 1.46 bits per heavy atom. The summed E-state index contributed by atoms with van der Waals surface area (Å²) < 4.78 is 75.2. The van der Waals surface area contributed by atoms with Gasteiger partial charge in [0.25, 0.3) is 0 Å². The quantitative estimate of drug-likeness (QED) is 0.183. The summed E-state index contributed by atoms with van der Waals surface area (Å²) in [6.07, 6.45) is -3.45. The number of rotatable bonds is 1. The van der Waals surface area contributed by atoms with Gasteiger partial charge in [0.15, 0.2) is 0 Å². The number of pyridine rings is 1. The minimum absolute atomic E-state index is 0.182. The van der Waals surface area contributed by atoms with Crippen LogP contribution in [0.15, 0.2) is 53.6 Å². The fourth-order valence-corrected chi connectivity index (χ4v) is 15.4. The van der Waals surface area contributed by atoms with Crippen LogP contribution in [0, 0.1) is 29.1 Å². The number of hydrogen-bond donors (Lipinski definition) is 0. The number of nitrogens with zero attached hydrogens (tertiary/aromatic N) is 2. The second kappa shape index (κ2) is 5.49. The van der Waals surface area contributed by atoms with E-state index in [2.05, 4.69) is 0 Å². The molecule has 0 amide bonds. The van der Waals surface area contributed by atoms with E-state index in [1.165, 1.54) is 10.4 Å². The van der Waals surface area contributed by atoms with Crippen molar-refractivity contribution in [1.29, 1.82) is 0 Å². The molecule has 0 atom stereocenters. The molecule has 0 spiro atoms. The Morgan fingerprint density at radius 1 is 0.857 bits per heavy atom. The summed E-state index contributed by atoms with van der Waals surface area (Å²) in [5.41, 5.74) is 1.22. The Labute approximate surface area is 165 Å². The maximum absolute atomic E-state index is 15.0. The summed E-state index contributed by atoms with van der Waals surface area (Å²) in [6, 6.07) is 12.0. The van der Waals surface area contributed by atoms with Crippen molar-refractivity contribution < 1.29 is 26.2 Å². The van der Waals surface area contributed by atoms with Crippen molar-refractivity contribution >= 4 is 39.3 Å². The predicted molar refractivity (Wildman–Crippen MR) is 98.0 cm³/mol. The topological polar surface area (TPSA) is 7.12 Å². The van der Waals surface area contributed by atoms with Crippen LogP contribution in [-0.4, -0.2) is 6.13 Å². The molecule has 10 heteroatoms. The van der Waals surface area contributed by atoms with Crippen molar-refractivity contribution in [3.63, 3.8) is 0 Å². The van der Waals surface area contributed by atoms with Crippen molar-refractivity contribution in [2.45, 2.75) is 11.4 Å². The normalized spacial score (nSPS) is 19.5. The Bertz CT molecular complexity index is 1170. The van der Waals surface area contributed by atoms with Crippen molar-refractivity contribution in [1.82, 2.24) is 0 Å². The molecule has 2 nitrogen and oxygen atoms in total. The van der Waals surface area contributed by atoms with Gasteiger partial charge in [0, 0.05) is 0 Å². The third-order valence-electron chi connectivity index (χ3n) is 5.23. The maximum atomic E-state index is 15.0. The average Bonchev–Trinajstić information content (AvgIpc) is 3.10. The third-order valence-corrected chi connectivity index (χ3v) is 16.1. The first kappa shape index (κ1) is 18.0. The zero-order valence-corrected chi connectivity index (χ0v) is 16.5. The summed E-state index contributed by atoms with van der Waals surface area (Å²) in [5.74, 6) is -9.99. The van der Waals surface area contributed by atoms with Gasteiger partial charge in [0.05, 0.1) is 0 Å². The Morgan fingerprint density at radius 3 is 2.18 bits per heavy atom. The molecule has 2 aliphatic heterocycles. The first-order valence-corrected chi connectivity index (χ1v) is 13.2. The Hall–Kier alpha value is -2.10. The molecule has 0 saturated carbocycles. The number of halogens is 6. The fraction of sp³-hybridized carbons (Fsp3) is 0.0556. The van der Waals surface area contributed by atoms with E-state index >= 15 is 8.78 Å². The SMILES string of the molecule is Fc1c(F)c(F)c([Si-]23(Cl)Sc4ccccc4N2Cc2cccc[n+]23)c(F)c1F. The van der Waals surface area contributed by atoms with Gasteiger partial charge < -0.3 is 0 Å². The molecule has 0 saturated heterocycles. The standard InChI is InChI=1S/C18H10ClF5N2SSi/c19-28(18-16(23)14(21)13(20)15(22)17(18)24)25-8-4-3-5-10(25)9-26(28)11-6-1-2-7-12(11)27-28/h1-8H,9H2. The van der Waals surface area contributed by atoms with Crippen molar-refractivity contribution in [3.8, 4) is 0 Å². The zero-order valence-electron chi connectivity index (χ0n) is 13.9. The van der Waals surface area contributed by atoms with E-state index in [0.29, 0.717) is 16.3 Å². The molecule has 144 valence electrons. The van der Waals surface area contributed by atoms with Gasteiger partial charge in [-0.15, -0.1) is 0 Å². The zero-order chi connectivity index (χ0) is 19.9. The second-order valence-electron chi connectivity index (χ2n) is 6.61. The molecular formula is C18H10ClF5N2SSi. The van der Waals surface area contributed by atoms with Crippen LogP contribution >= 0.6 is 22.3 Å². The summed E-state index contributed by atoms with van der Waals surface area (Å²) in [7, 11) is 0. The van der Waals surface area contributed by atoms with Gasteiger partial charge in [-0.05, 0) is 0 Å². The molecule has 2 aliphatic rings. The molecule has 0 aliphatic carbocycles. The molecular weight excluding hydrogens is 435 g/mol. The van der Waals surface area contributed by atoms with E-state index in [4.69, 9.17) is 11.1 Å². The molecule has 0 fully saturated rings. The van der Waals surface area contributed by atoms with E-state index in [1.807, 2.05) is 0 Å². The average molecular weight is 445 g/mol. The number of benzene rings is 2. The molecule has 1 aromatic heterocycles. The summed E-state index contributed by atoms with van der Waals surface area (Å²) in [6.45, 7) is 0.182. The van der Waals surface area contributed by atoms with Gasteiger partial charge in [-0.1, -0.05) is 0 Å². The number of anilines is 1. The monoisotopic (exact) mass is 444 g/mol. The number of fused-ring (bicyclic) bond motifs is 5. The van der Waals surface area contributed by atoms with Crippen LogP contribution in [0.1, 0.15) is 5.69 Å². The van der Waals surface area contributed by atoms with Crippen molar-refractivity contribution in [2.75, 3.05) is 4.57 Å². The van der Waals surface area contributed by atoms with Crippen LogP contribution in [-0.2, 0) is 6.54 Å². The molecule has 5 rings (SSSR count). The van der Waals surface area contributed by atoms with Gasteiger partial charge in [0.1, 0.15) is 0 Å². The number of para-hydroxylation sites is 1. The van der Waals surface area contributed by atoms with E-state index in [9.17, 15) is 13.2 Å². The minimum atomic E-state index is -4.99. The molecule has 3 heterocycles. The first-order chi connectivity index (χ1) is 13.3. The first-order valence-electron chi connectivity index (χ1n) is 8.23. The van der Waals surface area contributed by atoms with Crippen LogP contribution in [0.4, 0.5) is 27.6 Å². The van der Waals surface area contributed by atoms with Gasteiger partial charge in [-0.2, -0.15) is 0 Å². The molecule has 0 radical (unpaired) electrons. The summed E-state index contributed by atoms with van der Waals surface area (Å²) in [4.78, 5) is 0.622. The van der Waals surface area contributed by atoms with Crippen molar-refractivity contribution in [2.24, 2.45) is 0 Å². The van der Waals surface area contributed by atoms with Gasteiger partial charge in [-0.25, -0.2) is 0 Å². The van der Waals surface area contributed by atoms with Gasteiger partial charge in [-0.3, -0.25) is 0 Å². The molecule has 28 heavy (non-hydrogen) atoms. The van der Waals surface area contributed by atoms with E-state index in [-0.39, 0.29) is 6.54 Å². The molecule has 3 aromatic rings. The Kier molecular flexibility index (Phi) is 3.52. The van der Waals surface area contributed by atoms with E-state index in [0.717, 1.165) is 11.2 Å². The van der Waals surface area contributed by atoms with Gasteiger partial charge >= 0.3 is 165 Å². The number of aromatic nitrogens is 1. The third kappa shape index (κ3) is 1.87. The summed E-state index contributed by atoms with van der Waals surface area (Å²) >= 11 is 8.20. The molecule has 2 aromatic carbocycles. The van der Waals surface area contributed by atoms with Crippen LogP contribution in [0.3, 0.4) is 0 Å². The van der Waals surface area contributed by atoms with Crippen LogP contribution < -0.4 is 14.0 Å².